The molecule has 1 saturated heterocycles. The van der Waals surface area contributed by atoms with Gasteiger partial charge in [0.05, 0.1) is 22.3 Å². The number of nitrogens with one attached hydrogen (secondary N) is 2. The minimum absolute atomic E-state index is 0.0471. The third-order valence-corrected chi connectivity index (χ3v) is 6.31. The molecule has 2 aromatic rings. The van der Waals surface area contributed by atoms with Gasteiger partial charge in [-0.1, -0.05) is 29.5 Å². The van der Waals surface area contributed by atoms with Crippen LogP contribution in [-0.2, 0) is 9.59 Å². The predicted molar refractivity (Wildman–Crippen MR) is 127 cm³/mol. The molecule has 1 heterocycles. The van der Waals surface area contributed by atoms with Crippen LogP contribution in [0, 0.1) is 6.92 Å². The summed E-state index contributed by atoms with van der Waals surface area (Å²) in [6.07, 6.45) is 1.61. The molecule has 0 saturated carbocycles. The van der Waals surface area contributed by atoms with Gasteiger partial charge in [0.25, 0.3) is 0 Å². The molecular weight excluding hydrogens is 536 g/mol. The summed E-state index contributed by atoms with van der Waals surface area (Å²) in [5.41, 5.74) is 2.60. The predicted octanol–water partition coefficient (Wildman–Crippen LogP) is 4.48. The number of amidine groups is 1. The first-order valence-corrected chi connectivity index (χ1v) is 11.3. The molecule has 1 unspecified atom stereocenters. The molecule has 0 radical (unpaired) electrons. The molecular formula is C20H18Br2N4O3S. The molecule has 2 amide bonds. The molecule has 3 rings (SSSR count). The summed E-state index contributed by atoms with van der Waals surface area (Å²) in [5, 5.41) is 13.3. The number of aryl methyl sites for hydroxylation is 1. The Labute approximate surface area is 195 Å². The topological polar surface area (TPSA) is 92.2 Å². The highest BCUT2D eigenvalue weighted by Crippen LogP contribution is 2.34. The molecule has 7 nitrogen and oxygen atoms in total. The summed E-state index contributed by atoms with van der Waals surface area (Å²) >= 11 is 8.04. The van der Waals surface area contributed by atoms with Crippen LogP contribution < -0.4 is 15.4 Å². The first-order valence-electron chi connectivity index (χ1n) is 8.84. The summed E-state index contributed by atoms with van der Waals surface area (Å²) in [4.78, 5) is 24.4. The summed E-state index contributed by atoms with van der Waals surface area (Å²) < 4.78 is 6.81. The van der Waals surface area contributed by atoms with Gasteiger partial charge in [-0.3, -0.25) is 9.59 Å². The van der Waals surface area contributed by atoms with Crippen molar-refractivity contribution in [2.75, 3.05) is 12.4 Å². The highest BCUT2D eigenvalue weighted by molar-refractivity contribution is 9.11. The van der Waals surface area contributed by atoms with Gasteiger partial charge in [-0.05, 0) is 68.6 Å². The lowest BCUT2D eigenvalue weighted by Crippen LogP contribution is -2.28. The van der Waals surface area contributed by atoms with Crippen LogP contribution in [0.3, 0.4) is 0 Å². The molecule has 0 aliphatic carbocycles. The number of halogens is 2. The molecule has 0 bridgehead atoms. The average Bonchev–Trinajstić information content (AvgIpc) is 3.02. The Bertz CT molecular complexity index is 1000. The maximum atomic E-state index is 12.2. The zero-order chi connectivity index (χ0) is 21.7. The fraction of sp³-hybridized carbons (Fsp3) is 0.200. The van der Waals surface area contributed by atoms with Crippen molar-refractivity contribution < 1.29 is 14.3 Å². The van der Waals surface area contributed by atoms with Crippen molar-refractivity contribution in [1.82, 2.24) is 5.32 Å². The normalized spacial score (nSPS) is 17.4. The monoisotopic (exact) mass is 552 g/mol. The molecule has 1 atom stereocenters. The van der Waals surface area contributed by atoms with Gasteiger partial charge in [0.2, 0.25) is 11.8 Å². The van der Waals surface area contributed by atoms with Gasteiger partial charge in [0.15, 0.2) is 5.17 Å². The zero-order valence-electron chi connectivity index (χ0n) is 16.1. The Balaban J connectivity index is 1.58. The Morgan fingerprint density at radius 1 is 1.27 bits per heavy atom. The zero-order valence-corrected chi connectivity index (χ0v) is 20.1. The first kappa shape index (κ1) is 22.5. The van der Waals surface area contributed by atoms with Crippen LogP contribution in [0.2, 0.25) is 0 Å². The number of ether oxygens (including phenoxy) is 1. The van der Waals surface area contributed by atoms with E-state index in [1.54, 1.807) is 13.3 Å². The Morgan fingerprint density at radius 3 is 2.57 bits per heavy atom. The van der Waals surface area contributed by atoms with Crippen molar-refractivity contribution in [3.63, 3.8) is 0 Å². The molecule has 2 aromatic carbocycles. The van der Waals surface area contributed by atoms with Gasteiger partial charge < -0.3 is 15.4 Å². The van der Waals surface area contributed by atoms with Gasteiger partial charge in [-0.15, -0.1) is 5.10 Å². The van der Waals surface area contributed by atoms with Crippen molar-refractivity contribution in [3.05, 3.63) is 56.5 Å². The average molecular weight is 554 g/mol. The van der Waals surface area contributed by atoms with Gasteiger partial charge >= 0.3 is 0 Å². The van der Waals surface area contributed by atoms with Crippen molar-refractivity contribution in [3.8, 4) is 5.75 Å². The number of benzene rings is 2. The molecule has 1 aliphatic heterocycles. The lowest BCUT2D eigenvalue weighted by Gasteiger charge is -2.07. The lowest BCUT2D eigenvalue weighted by molar-refractivity contribution is -0.122. The standard InChI is InChI=1S/C20H18Br2N4O3S/c1-11-3-5-13(6-4-11)24-17(27)9-16-19(28)25-20(30-16)26-23-10-12-7-14(21)18(29-2)15(22)8-12/h3-8,10,16H,9H2,1-2H3,(H,24,27)(H,25,26,28). The maximum absolute atomic E-state index is 12.2. The van der Waals surface area contributed by atoms with Gasteiger partial charge in [0, 0.05) is 12.1 Å². The third kappa shape index (κ3) is 5.93. The Morgan fingerprint density at radius 2 is 1.93 bits per heavy atom. The fourth-order valence-corrected chi connectivity index (χ4v) is 5.07. The molecule has 10 heteroatoms. The molecule has 1 aliphatic rings. The molecule has 156 valence electrons. The van der Waals surface area contributed by atoms with Gasteiger partial charge in [-0.25, -0.2) is 0 Å². The van der Waals surface area contributed by atoms with E-state index in [-0.39, 0.29) is 18.2 Å². The first-order chi connectivity index (χ1) is 14.4. The number of hydrogen-bond acceptors (Lipinski definition) is 6. The van der Waals surface area contributed by atoms with Gasteiger partial charge in [0.1, 0.15) is 11.0 Å². The molecule has 0 spiro atoms. The highest BCUT2D eigenvalue weighted by Gasteiger charge is 2.32. The number of amides is 2. The van der Waals surface area contributed by atoms with Crippen LogP contribution in [0.1, 0.15) is 17.5 Å². The van der Waals surface area contributed by atoms with E-state index in [1.807, 2.05) is 43.3 Å². The number of rotatable bonds is 6. The van der Waals surface area contributed by atoms with Gasteiger partial charge in [-0.2, -0.15) is 5.10 Å². The van der Waals surface area contributed by atoms with Crippen molar-refractivity contribution >= 4 is 72.5 Å². The van der Waals surface area contributed by atoms with E-state index in [4.69, 9.17) is 4.74 Å². The Hall–Kier alpha value is -2.17. The summed E-state index contributed by atoms with van der Waals surface area (Å²) in [6.45, 7) is 1.97. The SMILES string of the molecule is COc1c(Br)cc(C=N/N=C2\NC(=O)C(CC(=O)Nc3ccc(C)cc3)S2)cc1Br. The highest BCUT2D eigenvalue weighted by atomic mass is 79.9. The van der Waals surface area contributed by atoms with Crippen molar-refractivity contribution in [1.29, 1.82) is 0 Å². The molecule has 0 aromatic heterocycles. The second-order valence-corrected chi connectivity index (χ2v) is 9.28. The number of nitrogens with zero attached hydrogens (tertiary/aromatic N) is 2. The second-order valence-electron chi connectivity index (χ2n) is 6.38. The van der Waals surface area contributed by atoms with E-state index in [0.29, 0.717) is 16.6 Å². The van der Waals surface area contributed by atoms with E-state index in [1.165, 1.54) is 11.8 Å². The minimum Gasteiger partial charge on any atom is -0.494 e. The largest absolute Gasteiger partial charge is 0.494 e. The van der Waals surface area contributed by atoms with E-state index in [0.717, 1.165) is 20.1 Å². The maximum Gasteiger partial charge on any atom is 0.240 e. The van der Waals surface area contributed by atoms with Crippen LogP contribution in [0.5, 0.6) is 5.75 Å². The fourth-order valence-electron chi connectivity index (χ4n) is 2.60. The lowest BCUT2D eigenvalue weighted by atomic mass is 10.2. The van der Waals surface area contributed by atoms with Crippen LogP contribution in [0.4, 0.5) is 5.69 Å². The number of hydrogen-bond donors (Lipinski definition) is 2. The number of methoxy groups -OCH3 is 1. The quantitative estimate of drug-likeness (QED) is 0.407. The van der Waals surface area contributed by atoms with Crippen molar-refractivity contribution in [2.24, 2.45) is 10.2 Å². The number of thioether (sulfide) groups is 1. The molecule has 30 heavy (non-hydrogen) atoms. The second kappa shape index (κ2) is 10.2. The number of carbonyl (C=O) groups is 2. The summed E-state index contributed by atoms with van der Waals surface area (Å²) in [7, 11) is 1.59. The van der Waals surface area contributed by atoms with Crippen LogP contribution in [0.25, 0.3) is 0 Å². The van der Waals surface area contributed by atoms with E-state index in [9.17, 15) is 9.59 Å². The minimum atomic E-state index is -0.548. The van der Waals surface area contributed by atoms with Crippen LogP contribution >= 0.6 is 43.6 Å². The number of carbonyl (C=O) groups excluding carboxylic acids is 2. The van der Waals surface area contributed by atoms with Crippen LogP contribution in [0.15, 0.2) is 55.5 Å². The summed E-state index contributed by atoms with van der Waals surface area (Å²) in [6, 6.07) is 11.2. The van der Waals surface area contributed by atoms with E-state index >= 15 is 0 Å². The van der Waals surface area contributed by atoms with Crippen molar-refractivity contribution in [2.45, 2.75) is 18.6 Å². The van der Waals surface area contributed by atoms with Crippen LogP contribution in [-0.4, -0.2) is 35.6 Å². The number of anilines is 1. The third-order valence-electron chi connectivity index (χ3n) is 4.06. The molecule has 1 fully saturated rings. The van der Waals surface area contributed by atoms with E-state index in [2.05, 4.69) is 52.7 Å². The summed E-state index contributed by atoms with van der Waals surface area (Å²) in [5.74, 6) is 0.191. The molecule has 2 N–H and O–H groups in total. The smallest absolute Gasteiger partial charge is 0.240 e. The van der Waals surface area contributed by atoms with E-state index < -0.39 is 5.25 Å². The Kier molecular flexibility index (Phi) is 7.68.